The van der Waals surface area contributed by atoms with Crippen LogP contribution in [0, 0.1) is 17.2 Å². The Kier molecular flexibility index (Phi) is 3.28. The van der Waals surface area contributed by atoms with Crippen molar-refractivity contribution in [3.05, 3.63) is 0 Å². The predicted molar refractivity (Wildman–Crippen MR) is 47.6 cm³/mol. The zero-order valence-corrected chi connectivity index (χ0v) is 8.00. The molecule has 1 saturated carbocycles. The molecule has 2 unspecified atom stereocenters. The molecule has 0 aromatic carbocycles. The summed E-state index contributed by atoms with van der Waals surface area (Å²) >= 11 is 0. The number of hydrogen-bond acceptors (Lipinski definition) is 4. The average Bonchev–Trinajstić information content (AvgIpc) is 2.84. The normalized spacial score (nSPS) is 25.1. The Morgan fingerprint density at radius 3 is 2.46 bits per heavy atom. The number of esters is 1. The highest BCUT2D eigenvalue weighted by molar-refractivity contribution is 5.88. The van der Waals surface area contributed by atoms with Crippen molar-refractivity contribution >= 4 is 11.9 Å². The number of ether oxygens (including phenoxy) is 2. The molecule has 0 saturated heterocycles. The highest BCUT2D eigenvalue weighted by Gasteiger charge is 2.48. The third kappa shape index (κ3) is 2.44. The van der Waals surface area contributed by atoms with E-state index in [9.17, 15) is 4.79 Å². The van der Waals surface area contributed by atoms with Crippen LogP contribution in [0.15, 0.2) is 0 Å². The molecule has 1 fully saturated rings. The summed E-state index contributed by atoms with van der Waals surface area (Å²) in [5, 5.41) is 7.43. The molecule has 1 aliphatic carbocycles. The van der Waals surface area contributed by atoms with Crippen LogP contribution in [0.2, 0.25) is 0 Å². The van der Waals surface area contributed by atoms with Crippen molar-refractivity contribution in [2.45, 2.75) is 20.3 Å². The predicted octanol–water partition coefficient (Wildman–Crippen LogP) is 1.20. The van der Waals surface area contributed by atoms with Gasteiger partial charge in [-0.25, -0.2) is 0 Å². The van der Waals surface area contributed by atoms with E-state index in [2.05, 4.69) is 0 Å². The number of carbonyl (C=O) groups is 1. The van der Waals surface area contributed by atoms with Crippen LogP contribution in [-0.2, 0) is 14.3 Å². The van der Waals surface area contributed by atoms with Gasteiger partial charge in [0.15, 0.2) is 5.90 Å². The van der Waals surface area contributed by atoms with Gasteiger partial charge in [-0.1, -0.05) is 0 Å². The topological polar surface area (TPSA) is 59.4 Å². The minimum Gasteiger partial charge on any atom is -0.481 e. The van der Waals surface area contributed by atoms with Gasteiger partial charge in [0.1, 0.15) is 0 Å². The summed E-state index contributed by atoms with van der Waals surface area (Å²) in [7, 11) is 0. The van der Waals surface area contributed by atoms with Gasteiger partial charge in [0, 0.05) is 5.92 Å². The van der Waals surface area contributed by atoms with Crippen LogP contribution in [0.1, 0.15) is 20.3 Å². The molecule has 0 aromatic rings. The van der Waals surface area contributed by atoms with E-state index in [0.717, 1.165) is 0 Å². The van der Waals surface area contributed by atoms with E-state index in [0.29, 0.717) is 19.6 Å². The minimum atomic E-state index is -0.197. The number of carbonyl (C=O) groups excluding carboxylic acids is 1. The van der Waals surface area contributed by atoms with Crippen LogP contribution >= 0.6 is 0 Å². The fraction of sp³-hybridized carbons (Fsp3) is 0.778. The molecule has 0 bridgehead atoms. The summed E-state index contributed by atoms with van der Waals surface area (Å²) in [6, 6.07) is 0. The molecule has 0 spiro atoms. The maximum Gasteiger partial charge on any atom is 0.309 e. The molecular formula is C9H15NO3. The van der Waals surface area contributed by atoms with Crippen LogP contribution < -0.4 is 0 Å². The summed E-state index contributed by atoms with van der Waals surface area (Å²) in [5.41, 5.74) is 0. The van der Waals surface area contributed by atoms with Crippen molar-refractivity contribution in [1.82, 2.24) is 0 Å². The first kappa shape index (κ1) is 10.0. The molecule has 1 aliphatic rings. The van der Waals surface area contributed by atoms with Crippen molar-refractivity contribution in [2.75, 3.05) is 13.2 Å². The summed E-state index contributed by atoms with van der Waals surface area (Å²) in [6.45, 7) is 4.51. The Morgan fingerprint density at radius 2 is 1.92 bits per heavy atom. The largest absolute Gasteiger partial charge is 0.481 e. The van der Waals surface area contributed by atoms with E-state index < -0.39 is 0 Å². The van der Waals surface area contributed by atoms with Gasteiger partial charge in [0.05, 0.1) is 19.1 Å². The molecule has 74 valence electrons. The van der Waals surface area contributed by atoms with Gasteiger partial charge in [0.25, 0.3) is 0 Å². The lowest BCUT2D eigenvalue weighted by Crippen LogP contribution is -2.13. The van der Waals surface area contributed by atoms with Crippen LogP contribution in [0.3, 0.4) is 0 Å². The Bertz CT molecular complexity index is 193. The lowest BCUT2D eigenvalue weighted by Gasteiger charge is -2.03. The van der Waals surface area contributed by atoms with E-state index >= 15 is 0 Å². The SMILES string of the molecule is CCOC(=N)C1CC1C(=O)OCC. The lowest BCUT2D eigenvalue weighted by molar-refractivity contribution is -0.144. The molecule has 4 nitrogen and oxygen atoms in total. The number of hydrogen-bond donors (Lipinski definition) is 1. The molecule has 13 heavy (non-hydrogen) atoms. The van der Waals surface area contributed by atoms with Gasteiger partial charge in [0.2, 0.25) is 0 Å². The molecule has 0 amide bonds. The summed E-state index contributed by atoms with van der Waals surface area (Å²) < 4.78 is 9.83. The second-order valence-electron chi connectivity index (χ2n) is 3.00. The Labute approximate surface area is 77.7 Å². The zero-order valence-electron chi connectivity index (χ0n) is 8.00. The maximum absolute atomic E-state index is 11.1. The van der Waals surface area contributed by atoms with Crippen LogP contribution in [0.4, 0.5) is 0 Å². The van der Waals surface area contributed by atoms with E-state index in [1.54, 1.807) is 6.92 Å². The fourth-order valence-corrected chi connectivity index (χ4v) is 1.26. The molecule has 0 aliphatic heterocycles. The van der Waals surface area contributed by atoms with E-state index in [4.69, 9.17) is 14.9 Å². The third-order valence-electron chi connectivity index (χ3n) is 2.02. The van der Waals surface area contributed by atoms with Crippen LogP contribution in [0.5, 0.6) is 0 Å². The molecule has 1 rings (SSSR count). The molecular weight excluding hydrogens is 170 g/mol. The van der Waals surface area contributed by atoms with E-state index in [-0.39, 0.29) is 23.7 Å². The lowest BCUT2D eigenvalue weighted by atomic mass is 10.3. The van der Waals surface area contributed by atoms with Gasteiger partial charge in [-0.2, -0.15) is 0 Å². The molecule has 1 N–H and O–H groups in total. The standard InChI is InChI=1S/C9H15NO3/c1-3-12-8(10)6-5-7(6)9(11)13-4-2/h6-7,10H,3-5H2,1-2H3. The summed E-state index contributed by atoms with van der Waals surface area (Å²) in [4.78, 5) is 11.1. The quantitative estimate of drug-likeness (QED) is 0.406. The average molecular weight is 185 g/mol. The van der Waals surface area contributed by atoms with Gasteiger partial charge < -0.3 is 9.47 Å². The first-order valence-corrected chi connectivity index (χ1v) is 4.58. The Balaban J connectivity index is 2.29. The molecule has 0 radical (unpaired) electrons. The first-order chi connectivity index (χ1) is 6.20. The molecule has 0 heterocycles. The minimum absolute atomic E-state index is 0.0287. The van der Waals surface area contributed by atoms with E-state index in [1.165, 1.54) is 0 Å². The van der Waals surface area contributed by atoms with Crippen LogP contribution in [0.25, 0.3) is 0 Å². The third-order valence-corrected chi connectivity index (χ3v) is 2.02. The number of rotatable bonds is 4. The van der Waals surface area contributed by atoms with E-state index in [1.807, 2.05) is 6.92 Å². The Hall–Kier alpha value is -1.06. The van der Waals surface area contributed by atoms with Gasteiger partial charge in [-0.15, -0.1) is 0 Å². The summed E-state index contributed by atoms with van der Waals surface area (Å²) in [6.07, 6.45) is 0.706. The van der Waals surface area contributed by atoms with Gasteiger partial charge >= 0.3 is 5.97 Å². The fourth-order valence-electron chi connectivity index (χ4n) is 1.26. The number of nitrogens with one attached hydrogen (secondary N) is 1. The molecule has 2 atom stereocenters. The second kappa shape index (κ2) is 4.25. The van der Waals surface area contributed by atoms with Crippen molar-refractivity contribution in [3.8, 4) is 0 Å². The van der Waals surface area contributed by atoms with Crippen molar-refractivity contribution in [1.29, 1.82) is 5.41 Å². The Morgan fingerprint density at radius 1 is 1.31 bits per heavy atom. The summed E-state index contributed by atoms with van der Waals surface area (Å²) in [5.74, 6) is -0.129. The smallest absolute Gasteiger partial charge is 0.309 e. The monoisotopic (exact) mass is 185 g/mol. The highest BCUT2D eigenvalue weighted by Crippen LogP contribution is 2.40. The van der Waals surface area contributed by atoms with Crippen molar-refractivity contribution in [3.63, 3.8) is 0 Å². The molecule has 4 heteroatoms. The molecule has 0 aromatic heterocycles. The zero-order chi connectivity index (χ0) is 9.84. The highest BCUT2D eigenvalue weighted by atomic mass is 16.5. The van der Waals surface area contributed by atoms with Crippen molar-refractivity contribution in [2.24, 2.45) is 11.8 Å². The maximum atomic E-state index is 11.1. The van der Waals surface area contributed by atoms with Gasteiger partial charge in [-0.05, 0) is 20.3 Å². The first-order valence-electron chi connectivity index (χ1n) is 4.58. The second-order valence-corrected chi connectivity index (χ2v) is 3.00. The van der Waals surface area contributed by atoms with Crippen LogP contribution in [-0.4, -0.2) is 25.1 Å². The van der Waals surface area contributed by atoms with Crippen molar-refractivity contribution < 1.29 is 14.3 Å². The van der Waals surface area contributed by atoms with Gasteiger partial charge in [-0.3, -0.25) is 10.2 Å².